The molecule has 0 saturated heterocycles. The summed E-state index contributed by atoms with van der Waals surface area (Å²) in [5.74, 6) is -3.26. The molecule has 1 saturated carbocycles. The van der Waals surface area contributed by atoms with Crippen molar-refractivity contribution in [1.82, 2.24) is 15.5 Å². The fourth-order valence-corrected chi connectivity index (χ4v) is 3.55. The van der Waals surface area contributed by atoms with Crippen molar-refractivity contribution in [2.24, 2.45) is 5.92 Å². The van der Waals surface area contributed by atoms with Crippen LogP contribution in [0, 0.1) is 16.7 Å². The number of carbonyl (C=O) groups excluding carboxylic acids is 1. The van der Waals surface area contributed by atoms with Crippen LogP contribution in [0.2, 0.25) is 0 Å². The molecule has 3 rings (SSSR count). The van der Waals surface area contributed by atoms with Crippen molar-refractivity contribution < 1.29 is 13.6 Å². The predicted molar refractivity (Wildman–Crippen MR) is 119 cm³/mol. The third-order valence-electron chi connectivity index (χ3n) is 5.53. The molecule has 1 aromatic rings. The molecule has 166 valence electrons. The highest BCUT2D eigenvalue weighted by atomic mass is 19.3. The van der Waals surface area contributed by atoms with Crippen molar-refractivity contribution >= 4 is 29.2 Å². The normalized spacial score (nSPS) is 20.2. The van der Waals surface area contributed by atoms with Crippen LogP contribution in [0.1, 0.15) is 25.3 Å². The van der Waals surface area contributed by atoms with Crippen molar-refractivity contribution in [2.45, 2.75) is 25.7 Å². The van der Waals surface area contributed by atoms with Gasteiger partial charge < -0.3 is 26.3 Å². The molecule has 1 atom stereocenters. The lowest BCUT2D eigenvalue weighted by Crippen LogP contribution is -2.41. The third kappa shape index (κ3) is 5.48. The molecule has 0 spiro atoms. The summed E-state index contributed by atoms with van der Waals surface area (Å²) in [6, 6.07) is 7.32. The number of alkyl halides is 2. The van der Waals surface area contributed by atoms with E-state index in [9.17, 15) is 13.6 Å². The molecule has 1 aliphatic heterocycles. The van der Waals surface area contributed by atoms with Crippen molar-refractivity contribution in [2.75, 3.05) is 32.0 Å². The first-order chi connectivity index (χ1) is 14.7. The van der Waals surface area contributed by atoms with E-state index in [0.717, 1.165) is 11.3 Å². The minimum absolute atomic E-state index is 0.0899. The lowest BCUT2D eigenvalue weighted by molar-refractivity contribution is -0.128. The van der Waals surface area contributed by atoms with Gasteiger partial charge in [-0.25, -0.2) is 8.78 Å². The molecule has 31 heavy (non-hydrogen) atoms. The molecule has 5 N–H and O–H groups in total. The Morgan fingerprint density at radius 2 is 2.13 bits per heavy atom. The first kappa shape index (κ1) is 22.5. The smallest absolute Gasteiger partial charge is 0.253 e. The van der Waals surface area contributed by atoms with E-state index in [1.807, 2.05) is 24.3 Å². The molecule has 0 aromatic heterocycles. The van der Waals surface area contributed by atoms with Crippen LogP contribution < -0.4 is 16.0 Å². The van der Waals surface area contributed by atoms with Crippen LogP contribution in [-0.4, -0.2) is 55.5 Å². The van der Waals surface area contributed by atoms with Crippen LogP contribution in [0.25, 0.3) is 5.57 Å². The number of amides is 1. The van der Waals surface area contributed by atoms with Gasteiger partial charge >= 0.3 is 0 Å². The Bertz CT molecular complexity index is 940. The van der Waals surface area contributed by atoms with Gasteiger partial charge in [0.2, 0.25) is 5.91 Å². The molecule has 1 amide bonds. The zero-order valence-electron chi connectivity index (χ0n) is 17.7. The highest BCUT2D eigenvalue weighted by molar-refractivity contribution is 6.10. The van der Waals surface area contributed by atoms with E-state index in [0.29, 0.717) is 29.8 Å². The van der Waals surface area contributed by atoms with Crippen LogP contribution in [-0.2, 0) is 4.79 Å². The van der Waals surface area contributed by atoms with Gasteiger partial charge in [0, 0.05) is 80.8 Å². The summed E-state index contributed by atoms with van der Waals surface area (Å²) in [4.78, 5) is 13.5. The topological polar surface area (TPSA) is 104 Å². The minimum atomic E-state index is -2.60. The number of anilines is 1. The number of hydrogen-bond donors (Lipinski definition) is 5. The van der Waals surface area contributed by atoms with E-state index in [4.69, 9.17) is 10.8 Å². The molecule has 1 fully saturated rings. The van der Waals surface area contributed by atoms with E-state index in [1.165, 1.54) is 13.1 Å². The van der Waals surface area contributed by atoms with Crippen molar-refractivity contribution in [3.05, 3.63) is 47.3 Å². The van der Waals surface area contributed by atoms with Gasteiger partial charge in [-0.2, -0.15) is 0 Å². The van der Waals surface area contributed by atoms with Gasteiger partial charge in [-0.05, 0) is 17.7 Å². The molecule has 7 nitrogen and oxygen atoms in total. The molecule has 2 aliphatic rings. The molecular weight excluding hydrogens is 402 g/mol. The van der Waals surface area contributed by atoms with Gasteiger partial charge in [0.05, 0.1) is 6.54 Å². The predicted octanol–water partition coefficient (Wildman–Crippen LogP) is 3.04. The Morgan fingerprint density at radius 1 is 1.39 bits per heavy atom. The number of rotatable bonds is 8. The average Bonchev–Trinajstić information content (AvgIpc) is 3.36. The van der Waals surface area contributed by atoms with E-state index in [2.05, 4.69) is 16.0 Å². The van der Waals surface area contributed by atoms with Crippen LogP contribution in [0.5, 0.6) is 0 Å². The van der Waals surface area contributed by atoms with E-state index in [1.54, 1.807) is 18.1 Å². The number of hydrogen-bond acceptors (Lipinski definition) is 5. The zero-order valence-corrected chi connectivity index (χ0v) is 17.7. The minimum Gasteiger partial charge on any atom is -0.393 e. The fraction of sp³-hybridized carbons (Fsp3) is 0.409. The van der Waals surface area contributed by atoms with Crippen molar-refractivity contribution in [1.29, 1.82) is 10.8 Å². The van der Waals surface area contributed by atoms with Gasteiger partial charge in [-0.1, -0.05) is 12.1 Å². The summed E-state index contributed by atoms with van der Waals surface area (Å²) < 4.78 is 26.5. The van der Waals surface area contributed by atoms with Gasteiger partial charge in [-0.15, -0.1) is 0 Å². The largest absolute Gasteiger partial charge is 0.393 e. The van der Waals surface area contributed by atoms with Crippen LogP contribution in [0.4, 0.5) is 14.5 Å². The van der Waals surface area contributed by atoms with Gasteiger partial charge in [0.15, 0.2) is 0 Å². The molecule has 1 heterocycles. The lowest BCUT2D eigenvalue weighted by Gasteiger charge is -2.31. The number of amidine groups is 1. The van der Waals surface area contributed by atoms with Crippen molar-refractivity contribution in [3.63, 3.8) is 0 Å². The second-order valence-electron chi connectivity index (χ2n) is 7.80. The SMILES string of the molecule is CN/C=C(\C=N)c1cccc(NC(=N)C2=C(NCC3CC3(F)F)CCN(C(C)=O)C2)c1. The zero-order chi connectivity index (χ0) is 22.6. The quantitative estimate of drug-likeness (QED) is 0.323. The Kier molecular flexibility index (Phi) is 6.72. The highest BCUT2D eigenvalue weighted by Gasteiger charge is 2.56. The Hall–Kier alpha value is -3.23. The van der Waals surface area contributed by atoms with Gasteiger partial charge in [0.1, 0.15) is 5.84 Å². The lowest BCUT2D eigenvalue weighted by atomic mass is 10.0. The second-order valence-corrected chi connectivity index (χ2v) is 7.80. The number of nitrogens with one attached hydrogen (secondary N) is 5. The maximum absolute atomic E-state index is 13.3. The van der Waals surface area contributed by atoms with E-state index < -0.39 is 11.8 Å². The Balaban J connectivity index is 1.79. The first-order valence-electron chi connectivity index (χ1n) is 10.2. The maximum Gasteiger partial charge on any atom is 0.253 e. The summed E-state index contributed by atoms with van der Waals surface area (Å²) in [5, 5.41) is 25.2. The number of nitrogens with zero attached hydrogens (tertiary/aromatic N) is 1. The summed E-state index contributed by atoms with van der Waals surface area (Å²) in [7, 11) is 1.75. The molecule has 0 bridgehead atoms. The average molecular weight is 431 g/mol. The molecular formula is C22H28F2N6O. The molecule has 1 aliphatic carbocycles. The maximum atomic E-state index is 13.3. The van der Waals surface area contributed by atoms with Crippen LogP contribution in [0.3, 0.4) is 0 Å². The molecule has 0 radical (unpaired) electrons. The summed E-state index contributed by atoms with van der Waals surface area (Å²) in [6.45, 7) is 2.37. The van der Waals surface area contributed by atoms with Gasteiger partial charge in [0.25, 0.3) is 5.92 Å². The summed E-state index contributed by atoms with van der Waals surface area (Å²) in [5.41, 5.74) is 3.47. The van der Waals surface area contributed by atoms with Crippen LogP contribution in [0.15, 0.2) is 41.7 Å². The molecule has 1 aromatic carbocycles. The number of benzene rings is 1. The molecule has 9 heteroatoms. The number of carbonyl (C=O) groups is 1. The van der Waals surface area contributed by atoms with Gasteiger partial charge in [-0.3, -0.25) is 10.2 Å². The standard InChI is InChI=1S/C22H28F2N6O/c1-14(31)30-7-6-20(28-12-17-9-22(17,23)24)19(13-30)21(26)29-18-5-3-4-15(8-18)16(10-25)11-27-2/h3-5,8,10-11,17,25,27-28H,6-7,9,12-13H2,1-2H3,(H2,26,29)/b16-11+,25-10?. The Labute approximate surface area is 180 Å². The summed E-state index contributed by atoms with van der Waals surface area (Å²) in [6.07, 6.45) is 3.33. The highest BCUT2D eigenvalue weighted by Crippen LogP contribution is 2.48. The Morgan fingerprint density at radius 3 is 2.74 bits per heavy atom. The number of halogens is 2. The first-order valence-corrected chi connectivity index (χ1v) is 10.2. The summed E-state index contributed by atoms with van der Waals surface area (Å²) >= 11 is 0. The van der Waals surface area contributed by atoms with E-state index >= 15 is 0 Å². The fourth-order valence-electron chi connectivity index (χ4n) is 3.55. The molecule has 1 unspecified atom stereocenters. The third-order valence-corrected chi connectivity index (χ3v) is 5.53. The monoisotopic (exact) mass is 430 g/mol. The second kappa shape index (κ2) is 9.28. The van der Waals surface area contributed by atoms with Crippen molar-refractivity contribution in [3.8, 4) is 0 Å². The van der Waals surface area contributed by atoms with E-state index in [-0.39, 0.29) is 31.3 Å². The van der Waals surface area contributed by atoms with Crippen LogP contribution >= 0.6 is 0 Å². The number of allylic oxidation sites excluding steroid dienone is 1.